The van der Waals surface area contributed by atoms with E-state index in [0.29, 0.717) is 95.6 Å². The maximum absolute atomic E-state index is 14.6. The van der Waals surface area contributed by atoms with E-state index in [4.69, 9.17) is 14.2 Å². The standard InChI is InChI=1S/C75H141N7O9S6/c1-10-13-16-19-22-25-28-31-52-92-95-55-40-67(83)80(58-64-37-34-49-89-64)70(61(4)5)73(86)76-43-46-79(47-44-77-74(87)71(62(6)7)81(59-65-38-35-50-90-65)68(84)41-56-96-93-53-32-29-26-23-20-17-14-11-2)48-45-78-75(88)72(63(8)9)82(60-66-39-36-51-91-66)69(85)42-57-97-94-54-33-30-27-24-21-18-15-12-3/h61-66,70-72H,10-60H2,1-9H3,(H,76,86)(H,77,87)(H,78,88). The van der Waals surface area contributed by atoms with Crippen molar-refractivity contribution in [1.82, 2.24) is 35.6 Å². The van der Waals surface area contributed by atoms with Crippen molar-refractivity contribution in [2.75, 3.05) is 113 Å². The van der Waals surface area contributed by atoms with Gasteiger partial charge in [-0.05, 0) is 75.5 Å². The zero-order valence-electron chi connectivity index (χ0n) is 62.7. The van der Waals surface area contributed by atoms with Crippen molar-refractivity contribution in [2.24, 2.45) is 17.8 Å². The van der Waals surface area contributed by atoms with Gasteiger partial charge in [0.25, 0.3) is 0 Å². The maximum atomic E-state index is 14.6. The maximum Gasteiger partial charge on any atom is 0.243 e. The van der Waals surface area contributed by atoms with Crippen LogP contribution < -0.4 is 16.0 Å². The van der Waals surface area contributed by atoms with Crippen molar-refractivity contribution < 1.29 is 43.0 Å². The molecule has 6 atom stereocenters. The number of rotatable bonds is 63. The fraction of sp³-hybridized carbons (Fsp3) is 0.920. The summed E-state index contributed by atoms with van der Waals surface area (Å²) in [6.07, 6.45) is 36.9. The van der Waals surface area contributed by atoms with E-state index in [1.165, 1.54) is 154 Å². The van der Waals surface area contributed by atoms with Gasteiger partial charge >= 0.3 is 0 Å². The number of carbonyl (C=O) groups excluding carboxylic acids is 6. The summed E-state index contributed by atoms with van der Waals surface area (Å²) in [6.45, 7) is 23.8. The molecule has 0 bridgehead atoms. The van der Waals surface area contributed by atoms with Gasteiger partial charge in [-0.1, -0.05) is 262 Å². The minimum Gasteiger partial charge on any atom is -0.376 e. The summed E-state index contributed by atoms with van der Waals surface area (Å²) in [5.74, 6) is 3.99. The molecule has 3 N–H and O–H groups in total. The molecule has 566 valence electrons. The molecule has 0 aromatic carbocycles. The number of carbonyl (C=O) groups is 6. The molecule has 16 nitrogen and oxygen atoms in total. The number of ether oxygens (including phenoxy) is 3. The third-order valence-electron chi connectivity index (χ3n) is 18.8. The summed E-state index contributed by atoms with van der Waals surface area (Å²) in [5.41, 5.74) is 0. The predicted molar refractivity (Wildman–Crippen MR) is 420 cm³/mol. The van der Waals surface area contributed by atoms with Crippen molar-refractivity contribution in [3.63, 3.8) is 0 Å². The van der Waals surface area contributed by atoms with E-state index in [9.17, 15) is 28.8 Å². The fourth-order valence-corrected chi connectivity index (χ4v) is 19.6. The minimum absolute atomic E-state index is 0.0337. The Labute approximate surface area is 616 Å². The van der Waals surface area contributed by atoms with Crippen LogP contribution in [-0.4, -0.2) is 205 Å². The Bertz CT molecular complexity index is 1800. The van der Waals surface area contributed by atoms with Crippen molar-refractivity contribution in [1.29, 1.82) is 0 Å². The number of unbranched alkanes of at least 4 members (excludes halogenated alkanes) is 21. The Morgan fingerprint density at radius 3 is 0.814 bits per heavy atom. The first kappa shape index (κ1) is 90.0. The van der Waals surface area contributed by atoms with E-state index in [1.54, 1.807) is 47.1 Å². The lowest BCUT2D eigenvalue weighted by Crippen LogP contribution is -2.56. The normalized spacial score (nSPS) is 17.4. The van der Waals surface area contributed by atoms with Gasteiger partial charge in [0.15, 0.2) is 0 Å². The molecule has 3 aliphatic rings. The number of hydrogen-bond donors (Lipinski definition) is 3. The van der Waals surface area contributed by atoms with Gasteiger partial charge in [0.1, 0.15) is 18.1 Å². The van der Waals surface area contributed by atoms with Gasteiger partial charge in [-0.15, -0.1) is 0 Å². The lowest BCUT2D eigenvalue weighted by molar-refractivity contribution is -0.143. The van der Waals surface area contributed by atoms with Crippen molar-refractivity contribution in [3.8, 4) is 0 Å². The average Bonchev–Trinajstić information content (AvgIpc) is 1.99. The van der Waals surface area contributed by atoms with Crippen LogP contribution >= 0.6 is 64.8 Å². The molecular formula is C75H141N7O9S6. The van der Waals surface area contributed by atoms with Crippen LogP contribution in [0.1, 0.15) is 274 Å². The lowest BCUT2D eigenvalue weighted by atomic mass is 10.00. The SMILES string of the molecule is CCCCCCCCCCSSCCC(=O)N(CC1CCCO1)C(C(=O)NCCN(CCNC(=O)C(C(C)C)N(CC1CCCO1)C(=O)CCSSCCCCCCCCCC)CCNC(=O)C(C(C)C)N(CC1CCCO1)C(=O)CCSSCCCCCCCCCC)C(C)C. The number of nitrogens with zero attached hydrogens (tertiary/aromatic N) is 4. The summed E-state index contributed by atoms with van der Waals surface area (Å²) in [7, 11) is 10.8. The topological polar surface area (TPSA) is 179 Å². The van der Waals surface area contributed by atoms with Crippen LogP contribution in [0.25, 0.3) is 0 Å². The number of amides is 6. The van der Waals surface area contributed by atoms with Crippen LogP contribution in [0, 0.1) is 17.8 Å². The van der Waals surface area contributed by atoms with Crippen molar-refractivity contribution >= 4 is 100 Å². The molecule has 3 aliphatic heterocycles. The third-order valence-corrected chi connectivity index (χ3v) is 26.3. The van der Waals surface area contributed by atoms with Crippen LogP contribution in [-0.2, 0) is 43.0 Å². The molecule has 3 fully saturated rings. The zero-order valence-corrected chi connectivity index (χ0v) is 67.6. The second-order valence-electron chi connectivity index (χ2n) is 28.4. The summed E-state index contributed by atoms with van der Waals surface area (Å²) < 4.78 is 18.2. The van der Waals surface area contributed by atoms with E-state index in [-0.39, 0.29) is 91.1 Å². The highest BCUT2D eigenvalue weighted by molar-refractivity contribution is 8.77. The molecule has 0 aliphatic carbocycles. The molecular weight excluding hydrogens is 1340 g/mol. The van der Waals surface area contributed by atoms with E-state index in [1.807, 2.05) is 73.9 Å². The molecule has 0 aromatic rings. The van der Waals surface area contributed by atoms with Crippen molar-refractivity contribution in [2.45, 2.75) is 311 Å². The molecule has 3 rings (SSSR count). The first-order chi connectivity index (χ1) is 47.1. The third kappa shape index (κ3) is 41.7. The first-order valence-electron chi connectivity index (χ1n) is 39.1. The Morgan fingerprint density at radius 1 is 0.351 bits per heavy atom. The Hall–Kier alpha value is -1.24. The largest absolute Gasteiger partial charge is 0.376 e. The van der Waals surface area contributed by atoms with Gasteiger partial charge < -0.3 is 44.9 Å². The molecule has 22 heteroatoms. The van der Waals surface area contributed by atoms with E-state index >= 15 is 0 Å². The summed E-state index contributed by atoms with van der Waals surface area (Å²) >= 11 is 0. The second kappa shape index (κ2) is 59.1. The van der Waals surface area contributed by atoms with Gasteiger partial charge in [-0.25, -0.2) is 0 Å². The summed E-state index contributed by atoms with van der Waals surface area (Å²) in [6, 6.07) is -2.10. The van der Waals surface area contributed by atoms with Gasteiger partial charge in [0.05, 0.1) is 18.3 Å². The lowest BCUT2D eigenvalue weighted by Gasteiger charge is -2.36. The molecule has 0 saturated carbocycles. The second-order valence-corrected chi connectivity index (χ2v) is 36.5. The van der Waals surface area contributed by atoms with E-state index in [0.717, 1.165) is 55.8 Å². The molecule has 0 aromatic heterocycles. The molecule has 97 heavy (non-hydrogen) atoms. The van der Waals surface area contributed by atoms with E-state index in [2.05, 4.69) is 41.6 Å². The molecule has 3 heterocycles. The quantitative estimate of drug-likeness (QED) is 0.0386. The fourth-order valence-electron chi connectivity index (χ4n) is 13.3. The average molecular weight is 1480 g/mol. The molecule has 3 saturated heterocycles. The van der Waals surface area contributed by atoms with Gasteiger partial charge in [-0.3, -0.25) is 33.7 Å². The molecule has 0 radical (unpaired) electrons. The number of nitrogens with one attached hydrogen (secondary N) is 3. The molecule has 6 unspecified atom stereocenters. The highest BCUT2D eigenvalue weighted by atomic mass is 33.1. The Kier molecular flexibility index (Phi) is 54.8. The minimum atomic E-state index is -0.700. The van der Waals surface area contributed by atoms with Gasteiger partial charge in [0.2, 0.25) is 35.4 Å². The first-order valence-corrected chi connectivity index (χ1v) is 46.6. The van der Waals surface area contributed by atoms with Crippen molar-refractivity contribution in [3.05, 3.63) is 0 Å². The highest BCUT2D eigenvalue weighted by Crippen LogP contribution is 2.30. The van der Waals surface area contributed by atoms with E-state index < -0.39 is 18.1 Å². The Balaban J connectivity index is 1.76. The Morgan fingerprint density at radius 2 is 0.588 bits per heavy atom. The molecule has 0 spiro atoms. The van der Waals surface area contributed by atoms with Crippen LogP contribution in [0.3, 0.4) is 0 Å². The monoisotopic (exact) mass is 1480 g/mol. The van der Waals surface area contributed by atoms with Crippen LogP contribution in [0.4, 0.5) is 0 Å². The zero-order chi connectivity index (χ0) is 70.5. The van der Waals surface area contributed by atoms with Gasteiger partial charge in [0, 0.05) is 133 Å². The highest BCUT2D eigenvalue weighted by Gasteiger charge is 2.38. The summed E-state index contributed by atoms with van der Waals surface area (Å²) in [5, 5.41) is 9.68. The van der Waals surface area contributed by atoms with Crippen LogP contribution in [0.15, 0.2) is 0 Å². The van der Waals surface area contributed by atoms with Gasteiger partial charge in [-0.2, -0.15) is 0 Å². The molecule has 6 amide bonds. The number of hydrogen-bond acceptors (Lipinski definition) is 16. The summed E-state index contributed by atoms with van der Waals surface area (Å²) in [4.78, 5) is 94.2. The predicted octanol–water partition coefficient (Wildman–Crippen LogP) is 16.5. The van der Waals surface area contributed by atoms with Crippen LogP contribution in [0.2, 0.25) is 0 Å². The smallest absolute Gasteiger partial charge is 0.243 e. The van der Waals surface area contributed by atoms with Crippen LogP contribution in [0.5, 0.6) is 0 Å².